The molecule has 0 atom stereocenters. The first kappa shape index (κ1) is 15.8. The van der Waals surface area contributed by atoms with Gasteiger partial charge in [0.05, 0.1) is 0 Å². The second-order valence-electron chi connectivity index (χ2n) is 1.73. The number of hydrogen-bond donors (Lipinski definition) is 0. The third-order valence-corrected chi connectivity index (χ3v) is 0. The number of hydrogen-bond acceptors (Lipinski definition) is 0. The van der Waals surface area contributed by atoms with E-state index in [4.69, 9.17) is 0 Å². The SMILES string of the molecule is CC.CC(C)C.O. The summed E-state index contributed by atoms with van der Waals surface area (Å²) >= 11 is 0. The molecule has 0 aromatic heterocycles. The van der Waals surface area contributed by atoms with Crippen molar-refractivity contribution in [3.63, 3.8) is 0 Å². The molecule has 0 amide bonds. The van der Waals surface area contributed by atoms with Crippen LogP contribution < -0.4 is 0 Å². The van der Waals surface area contributed by atoms with Crippen molar-refractivity contribution in [2.75, 3.05) is 0 Å². The van der Waals surface area contributed by atoms with Crippen molar-refractivity contribution in [3.05, 3.63) is 0 Å². The average Bonchev–Trinajstić information content (AvgIpc) is 1.41. The van der Waals surface area contributed by atoms with Crippen molar-refractivity contribution in [1.29, 1.82) is 0 Å². The smallest absolute Gasteiger partial charge is 0.0500 e. The summed E-state index contributed by atoms with van der Waals surface area (Å²) < 4.78 is 0. The van der Waals surface area contributed by atoms with Gasteiger partial charge in [-0.15, -0.1) is 0 Å². The summed E-state index contributed by atoms with van der Waals surface area (Å²) in [5.41, 5.74) is 0. The highest BCUT2D eigenvalue weighted by Crippen LogP contribution is 1.81. The maximum Gasteiger partial charge on any atom is -0.0500 e. The van der Waals surface area contributed by atoms with Gasteiger partial charge in [0.15, 0.2) is 0 Å². The number of rotatable bonds is 0. The van der Waals surface area contributed by atoms with Crippen LogP contribution in [0.1, 0.15) is 34.6 Å². The highest BCUT2D eigenvalue weighted by atomic mass is 16.0. The van der Waals surface area contributed by atoms with Crippen LogP contribution in [0.25, 0.3) is 0 Å². The van der Waals surface area contributed by atoms with Crippen LogP contribution in [-0.4, -0.2) is 5.48 Å². The summed E-state index contributed by atoms with van der Waals surface area (Å²) in [5, 5.41) is 0. The van der Waals surface area contributed by atoms with Gasteiger partial charge in [-0.05, 0) is 5.92 Å². The molecule has 0 aromatic rings. The predicted molar refractivity (Wildman–Crippen MR) is 35.5 cm³/mol. The van der Waals surface area contributed by atoms with Gasteiger partial charge in [0, 0.05) is 0 Å². The van der Waals surface area contributed by atoms with E-state index in [1.165, 1.54) is 0 Å². The topological polar surface area (TPSA) is 31.5 Å². The maximum atomic E-state index is 2.17. The maximum absolute atomic E-state index is 2.17. The minimum Gasteiger partial charge on any atom is -0.412 e. The van der Waals surface area contributed by atoms with E-state index in [1.807, 2.05) is 13.8 Å². The zero-order valence-corrected chi connectivity index (χ0v) is 6.08. The first-order valence-corrected chi connectivity index (χ1v) is 2.73. The zero-order valence-electron chi connectivity index (χ0n) is 6.08. The van der Waals surface area contributed by atoms with Crippen LogP contribution in [0.5, 0.6) is 0 Å². The molecule has 0 aliphatic rings. The molecule has 7 heavy (non-hydrogen) atoms. The van der Waals surface area contributed by atoms with Crippen molar-refractivity contribution >= 4 is 0 Å². The van der Waals surface area contributed by atoms with E-state index < -0.39 is 0 Å². The summed E-state index contributed by atoms with van der Waals surface area (Å²) in [7, 11) is 0. The zero-order chi connectivity index (χ0) is 5.58. The predicted octanol–water partition coefficient (Wildman–Crippen LogP) is 1.86. The minimum absolute atomic E-state index is 0. The quantitative estimate of drug-likeness (QED) is 0.451. The van der Waals surface area contributed by atoms with Gasteiger partial charge in [0.2, 0.25) is 0 Å². The van der Waals surface area contributed by atoms with Gasteiger partial charge in [0.1, 0.15) is 0 Å². The van der Waals surface area contributed by atoms with Gasteiger partial charge in [-0.1, -0.05) is 34.6 Å². The van der Waals surface area contributed by atoms with Crippen LogP contribution >= 0.6 is 0 Å². The van der Waals surface area contributed by atoms with Gasteiger partial charge in [-0.3, -0.25) is 0 Å². The molecule has 2 N–H and O–H groups in total. The molecule has 0 aromatic carbocycles. The van der Waals surface area contributed by atoms with Crippen LogP contribution in [0.15, 0.2) is 0 Å². The van der Waals surface area contributed by atoms with E-state index in [2.05, 4.69) is 20.8 Å². The molecule has 0 fully saturated rings. The average molecular weight is 106 g/mol. The highest BCUT2D eigenvalue weighted by Gasteiger charge is 1.68. The molecule has 0 spiro atoms. The van der Waals surface area contributed by atoms with E-state index in [0.29, 0.717) is 0 Å². The Balaban J connectivity index is -0.0000000480. The molecule has 48 valence electrons. The second kappa shape index (κ2) is 16.7. The van der Waals surface area contributed by atoms with Crippen molar-refractivity contribution in [2.45, 2.75) is 34.6 Å². The van der Waals surface area contributed by atoms with Crippen LogP contribution in [0.2, 0.25) is 0 Å². The first-order chi connectivity index (χ1) is 2.73. The molecule has 0 aliphatic heterocycles. The second-order valence-corrected chi connectivity index (χ2v) is 1.73. The Hall–Kier alpha value is -0.0400. The molecule has 0 radical (unpaired) electrons. The van der Waals surface area contributed by atoms with E-state index in [1.54, 1.807) is 0 Å². The summed E-state index contributed by atoms with van der Waals surface area (Å²) in [4.78, 5) is 0. The van der Waals surface area contributed by atoms with E-state index >= 15 is 0 Å². The summed E-state index contributed by atoms with van der Waals surface area (Å²) in [5.74, 6) is 0.833. The molecule has 0 saturated carbocycles. The van der Waals surface area contributed by atoms with Crippen molar-refractivity contribution in [3.8, 4) is 0 Å². The lowest BCUT2D eigenvalue weighted by atomic mass is 10.3. The van der Waals surface area contributed by atoms with Gasteiger partial charge >= 0.3 is 0 Å². The molecule has 1 heteroatoms. The molecule has 0 heterocycles. The molecule has 0 unspecified atom stereocenters. The summed E-state index contributed by atoms with van der Waals surface area (Å²) in [6.45, 7) is 10.5. The lowest BCUT2D eigenvalue weighted by molar-refractivity contribution is 0.737. The molecule has 0 aliphatic carbocycles. The Kier molecular flexibility index (Phi) is 37.7. The van der Waals surface area contributed by atoms with Crippen LogP contribution in [0.3, 0.4) is 0 Å². The van der Waals surface area contributed by atoms with Gasteiger partial charge < -0.3 is 5.48 Å². The fourth-order valence-corrected chi connectivity index (χ4v) is 0. The van der Waals surface area contributed by atoms with Crippen molar-refractivity contribution in [1.82, 2.24) is 0 Å². The lowest BCUT2D eigenvalue weighted by Gasteiger charge is -1.79. The third kappa shape index (κ3) is 58400. The van der Waals surface area contributed by atoms with Crippen molar-refractivity contribution < 1.29 is 5.48 Å². The fraction of sp³-hybridized carbons (Fsp3) is 1.00. The summed E-state index contributed by atoms with van der Waals surface area (Å²) in [6.07, 6.45) is 0. The minimum atomic E-state index is 0. The largest absolute Gasteiger partial charge is 0.412 e. The molecule has 0 bridgehead atoms. The van der Waals surface area contributed by atoms with Crippen molar-refractivity contribution in [2.24, 2.45) is 5.92 Å². The van der Waals surface area contributed by atoms with Crippen LogP contribution in [0, 0.1) is 5.92 Å². The fourth-order valence-electron chi connectivity index (χ4n) is 0. The van der Waals surface area contributed by atoms with Gasteiger partial charge in [-0.2, -0.15) is 0 Å². The highest BCUT2D eigenvalue weighted by molar-refractivity contribution is 4.20. The Labute approximate surface area is 47.1 Å². The lowest BCUT2D eigenvalue weighted by Crippen LogP contribution is -1.66. The van der Waals surface area contributed by atoms with Gasteiger partial charge in [-0.25, -0.2) is 0 Å². The van der Waals surface area contributed by atoms with Gasteiger partial charge in [0.25, 0.3) is 0 Å². The Morgan fingerprint density at radius 3 is 0.857 bits per heavy atom. The monoisotopic (exact) mass is 106 g/mol. The Morgan fingerprint density at radius 2 is 0.857 bits per heavy atom. The standard InChI is InChI=1S/C4H10.C2H6.H2O/c1-4(2)3;1-2;/h4H,1-3H3;1-2H3;1H2. The molecule has 0 saturated heterocycles. The van der Waals surface area contributed by atoms with Crippen LogP contribution in [0.4, 0.5) is 0 Å². The van der Waals surface area contributed by atoms with E-state index in [-0.39, 0.29) is 5.48 Å². The Bertz CT molecular complexity index is 8.90. The first-order valence-electron chi connectivity index (χ1n) is 2.73. The molecular formula is C6H18O. The molecule has 0 rings (SSSR count). The molecule has 1 nitrogen and oxygen atoms in total. The molecular weight excluding hydrogens is 88.1 g/mol. The van der Waals surface area contributed by atoms with E-state index in [9.17, 15) is 0 Å². The Morgan fingerprint density at radius 1 is 0.857 bits per heavy atom. The van der Waals surface area contributed by atoms with Crippen LogP contribution in [-0.2, 0) is 0 Å². The normalized spacial score (nSPS) is 6.00. The van der Waals surface area contributed by atoms with E-state index in [0.717, 1.165) is 5.92 Å². The third-order valence-electron chi connectivity index (χ3n) is 0. The summed E-state index contributed by atoms with van der Waals surface area (Å²) in [6, 6.07) is 0.